The van der Waals surface area contributed by atoms with Crippen LogP contribution in [-0.2, 0) is 11.0 Å². The molecular weight excluding hydrogens is 561 g/mol. The molecule has 0 bridgehead atoms. The van der Waals surface area contributed by atoms with Crippen LogP contribution in [0.2, 0.25) is 5.02 Å². The van der Waals surface area contributed by atoms with E-state index in [1.165, 1.54) is 48.5 Å². The van der Waals surface area contributed by atoms with E-state index >= 15 is 0 Å². The van der Waals surface area contributed by atoms with Gasteiger partial charge in [-0.3, -0.25) is 15.1 Å². The SMILES string of the molecule is N#Cc1ccc2c(c1)N(c1ccc(Cl)c(C(F)(F)F)c1)C(=O)/C2=N\Nc1cccc(-c2cccc(C(=O)O)c2)c1O. The van der Waals surface area contributed by atoms with Crippen LogP contribution in [0.3, 0.4) is 0 Å². The first-order valence-electron chi connectivity index (χ1n) is 11.7. The maximum atomic E-state index is 13.5. The summed E-state index contributed by atoms with van der Waals surface area (Å²) in [6.45, 7) is 0. The lowest BCUT2D eigenvalue weighted by Crippen LogP contribution is -2.26. The molecule has 0 fully saturated rings. The minimum absolute atomic E-state index is 0.0152. The van der Waals surface area contributed by atoms with Gasteiger partial charge in [0, 0.05) is 11.1 Å². The number of carbonyl (C=O) groups is 2. The molecule has 12 heteroatoms. The van der Waals surface area contributed by atoms with Gasteiger partial charge in [-0.05, 0) is 60.2 Å². The summed E-state index contributed by atoms with van der Waals surface area (Å²) in [6.07, 6.45) is -4.78. The molecule has 0 spiro atoms. The zero-order valence-corrected chi connectivity index (χ0v) is 21.3. The highest BCUT2D eigenvalue weighted by atomic mass is 35.5. The fourth-order valence-corrected chi connectivity index (χ4v) is 4.58. The second kappa shape index (κ2) is 10.3. The standard InChI is InChI=1S/C29H16ClF3N4O4/c30-22-10-8-18(13-21(22)29(31,32)33)37-24-11-15(14-34)7-9-20(24)25(27(37)39)36-35-23-6-2-5-19(26(23)38)16-3-1-4-17(12-16)28(40)41/h1-13,35,38H,(H,40,41)/b36-25-. The maximum Gasteiger partial charge on any atom is 0.417 e. The van der Waals surface area contributed by atoms with Gasteiger partial charge in [0.1, 0.15) is 5.75 Å². The molecule has 1 aliphatic rings. The van der Waals surface area contributed by atoms with E-state index < -0.39 is 28.6 Å². The third-order valence-corrected chi connectivity index (χ3v) is 6.62. The van der Waals surface area contributed by atoms with E-state index in [1.54, 1.807) is 18.2 Å². The van der Waals surface area contributed by atoms with Crippen LogP contribution in [-0.4, -0.2) is 27.8 Å². The molecule has 8 nitrogen and oxygen atoms in total. The zero-order chi connectivity index (χ0) is 29.5. The van der Waals surface area contributed by atoms with Crippen molar-refractivity contribution < 1.29 is 33.0 Å². The molecule has 4 aromatic carbocycles. The fourth-order valence-electron chi connectivity index (χ4n) is 4.35. The number of hydrazone groups is 1. The number of phenols is 1. The Hall–Kier alpha value is -5.34. The van der Waals surface area contributed by atoms with Gasteiger partial charge in [-0.1, -0.05) is 35.9 Å². The van der Waals surface area contributed by atoms with Crippen LogP contribution in [0.4, 0.5) is 30.2 Å². The van der Waals surface area contributed by atoms with Crippen molar-refractivity contribution in [3.05, 3.63) is 106 Å². The molecule has 4 aromatic rings. The monoisotopic (exact) mass is 576 g/mol. The Kier molecular flexibility index (Phi) is 6.86. The average molecular weight is 577 g/mol. The molecule has 0 atom stereocenters. The Bertz CT molecular complexity index is 1810. The van der Waals surface area contributed by atoms with Crippen LogP contribution in [0.1, 0.15) is 27.0 Å². The third-order valence-electron chi connectivity index (χ3n) is 6.29. The van der Waals surface area contributed by atoms with Gasteiger partial charge in [-0.15, -0.1) is 0 Å². The second-order valence-electron chi connectivity index (χ2n) is 8.81. The Morgan fingerprint density at radius 2 is 1.76 bits per heavy atom. The van der Waals surface area contributed by atoms with Crippen LogP contribution in [0.25, 0.3) is 11.1 Å². The van der Waals surface area contributed by atoms with Crippen LogP contribution >= 0.6 is 11.6 Å². The number of nitrogens with one attached hydrogen (secondary N) is 1. The van der Waals surface area contributed by atoms with Crippen LogP contribution in [0.15, 0.2) is 84.0 Å². The number of nitriles is 1. The van der Waals surface area contributed by atoms with E-state index in [4.69, 9.17) is 11.6 Å². The fraction of sp³-hybridized carbons (Fsp3) is 0.0345. The number of nitrogens with zero attached hydrogens (tertiary/aromatic N) is 3. The molecule has 3 N–H and O–H groups in total. The smallest absolute Gasteiger partial charge is 0.417 e. The van der Waals surface area contributed by atoms with Crippen molar-refractivity contribution in [3.8, 4) is 22.9 Å². The second-order valence-corrected chi connectivity index (χ2v) is 9.21. The highest BCUT2D eigenvalue weighted by Gasteiger charge is 2.38. The number of aromatic hydroxyl groups is 1. The van der Waals surface area contributed by atoms with Crippen molar-refractivity contribution >= 4 is 46.3 Å². The molecule has 1 amide bonds. The molecule has 204 valence electrons. The van der Waals surface area contributed by atoms with E-state index in [2.05, 4.69) is 10.5 Å². The zero-order valence-electron chi connectivity index (χ0n) is 20.6. The molecule has 1 heterocycles. The van der Waals surface area contributed by atoms with E-state index in [0.29, 0.717) is 5.56 Å². The number of alkyl halides is 3. The number of carbonyl (C=O) groups excluding carboxylic acids is 1. The van der Waals surface area contributed by atoms with Crippen LogP contribution < -0.4 is 10.3 Å². The lowest BCUT2D eigenvalue weighted by atomic mass is 10.0. The summed E-state index contributed by atoms with van der Waals surface area (Å²) >= 11 is 5.76. The first-order chi connectivity index (χ1) is 19.5. The molecule has 0 unspecified atom stereocenters. The number of anilines is 3. The molecule has 41 heavy (non-hydrogen) atoms. The van der Waals surface area contributed by atoms with E-state index in [9.17, 15) is 38.2 Å². The number of fused-ring (bicyclic) bond motifs is 1. The molecule has 0 saturated heterocycles. The summed E-state index contributed by atoms with van der Waals surface area (Å²) in [5.41, 5.74) is 2.48. The summed E-state index contributed by atoms with van der Waals surface area (Å²) in [4.78, 5) is 25.9. The summed E-state index contributed by atoms with van der Waals surface area (Å²) < 4.78 is 40.6. The van der Waals surface area contributed by atoms with E-state index in [1.807, 2.05) is 6.07 Å². The predicted molar refractivity (Wildman–Crippen MR) is 145 cm³/mol. The minimum atomic E-state index is -4.78. The van der Waals surface area contributed by atoms with E-state index in [-0.39, 0.29) is 50.8 Å². The van der Waals surface area contributed by atoms with Crippen molar-refractivity contribution in [2.75, 3.05) is 10.3 Å². The number of halogens is 4. The number of amides is 1. The predicted octanol–water partition coefficient (Wildman–Crippen LogP) is 6.80. The van der Waals surface area contributed by atoms with Gasteiger partial charge in [0.25, 0.3) is 5.91 Å². The number of benzene rings is 4. The molecule has 5 rings (SSSR count). The average Bonchev–Trinajstić information content (AvgIpc) is 3.22. The summed E-state index contributed by atoms with van der Waals surface area (Å²) in [5, 5.41) is 33.2. The van der Waals surface area contributed by atoms with E-state index in [0.717, 1.165) is 17.0 Å². The lowest BCUT2D eigenvalue weighted by Gasteiger charge is -2.19. The number of aromatic carboxylic acids is 1. The van der Waals surface area contributed by atoms with Gasteiger partial charge in [0.15, 0.2) is 5.71 Å². The Balaban J connectivity index is 1.56. The van der Waals surface area contributed by atoms with Gasteiger partial charge in [-0.2, -0.15) is 23.5 Å². The van der Waals surface area contributed by atoms with Gasteiger partial charge >= 0.3 is 12.1 Å². The summed E-state index contributed by atoms with van der Waals surface area (Å²) in [6, 6.07) is 19.7. The van der Waals surface area contributed by atoms with Crippen LogP contribution in [0, 0.1) is 11.3 Å². The normalized spacial score (nSPS) is 13.7. The topological polar surface area (TPSA) is 126 Å². The number of rotatable bonds is 5. The van der Waals surface area contributed by atoms with Gasteiger partial charge < -0.3 is 10.2 Å². The highest BCUT2D eigenvalue weighted by Crippen LogP contribution is 2.42. The van der Waals surface area contributed by atoms with Gasteiger partial charge in [0.05, 0.1) is 44.8 Å². The van der Waals surface area contributed by atoms with Gasteiger partial charge in [0.2, 0.25) is 0 Å². The molecule has 0 aliphatic carbocycles. The third kappa shape index (κ3) is 5.04. The lowest BCUT2D eigenvalue weighted by molar-refractivity contribution is -0.137. The first-order valence-corrected chi connectivity index (χ1v) is 12.1. The Morgan fingerprint density at radius 3 is 2.46 bits per heavy atom. The van der Waals surface area contributed by atoms with Crippen LogP contribution in [0.5, 0.6) is 5.75 Å². The molecular formula is C29H16ClF3N4O4. The number of para-hydroxylation sites is 1. The quantitative estimate of drug-likeness (QED) is 0.177. The molecule has 0 radical (unpaired) electrons. The molecule has 0 saturated carbocycles. The Labute approximate surface area is 235 Å². The number of carboxylic acid groups (broad SMARTS) is 1. The van der Waals surface area contributed by atoms with Gasteiger partial charge in [-0.25, -0.2) is 4.79 Å². The summed E-state index contributed by atoms with van der Waals surface area (Å²) in [7, 11) is 0. The van der Waals surface area contributed by atoms with Crippen molar-refractivity contribution in [1.29, 1.82) is 5.26 Å². The maximum absolute atomic E-state index is 13.5. The number of phenolic OH excluding ortho intramolecular Hbond substituents is 1. The summed E-state index contributed by atoms with van der Waals surface area (Å²) in [5.74, 6) is -2.21. The largest absolute Gasteiger partial charge is 0.505 e. The van der Waals surface area contributed by atoms with Crippen molar-refractivity contribution in [1.82, 2.24) is 0 Å². The highest BCUT2D eigenvalue weighted by molar-refractivity contribution is 6.55. The Morgan fingerprint density at radius 1 is 1.00 bits per heavy atom. The minimum Gasteiger partial charge on any atom is -0.505 e. The first kappa shape index (κ1) is 27.2. The number of carboxylic acids is 1. The number of hydrogen-bond acceptors (Lipinski definition) is 6. The van der Waals surface area contributed by atoms with Crippen molar-refractivity contribution in [3.63, 3.8) is 0 Å². The molecule has 0 aromatic heterocycles. The van der Waals surface area contributed by atoms with Crippen molar-refractivity contribution in [2.45, 2.75) is 6.18 Å². The molecule has 1 aliphatic heterocycles. The number of hydrogen-bond donors (Lipinski definition) is 3. The van der Waals surface area contributed by atoms with Crippen molar-refractivity contribution in [2.24, 2.45) is 5.10 Å².